The third kappa shape index (κ3) is 2.92. The van der Waals surface area contributed by atoms with Crippen LogP contribution in [-0.4, -0.2) is 11.9 Å². The van der Waals surface area contributed by atoms with Crippen molar-refractivity contribution in [3.05, 3.63) is 71.8 Å². The van der Waals surface area contributed by atoms with Gasteiger partial charge in [0.15, 0.2) is 0 Å². The predicted octanol–water partition coefficient (Wildman–Crippen LogP) is 4.79. The number of ether oxygens (including phenoxy) is 1. The van der Waals surface area contributed by atoms with Crippen LogP contribution in [0.15, 0.2) is 65.7 Å². The molecular weight excluding hydrogens is 270 g/mol. The average molecular weight is 293 g/mol. The van der Waals surface area contributed by atoms with Crippen LogP contribution in [0, 0.1) is 5.92 Å². The largest absolute Gasteiger partial charge is 0.466 e. The highest BCUT2D eigenvalue weighted by Crippen LogP contribution is 2.37. The summed E-state index contributed by atoms with van der Waals surface area (Å²) in [6, 6.07) is 20.9. The number of hydrogen-bond acceptors (Lipinski definition) is 2. The van der Waals surface area contributed by atoms with Gasteiger partial charge in [-0.15, -0.1) is 0 Å². The van der Waals surface area contributed by atoms with Gasteiger partial charge in [0, 0.05) is 12.0 Å². The van der Waals surface area contributed by atoms with E-state index < -0.39 is 0 Å². The lowest BCUT2D eigenvalue weighted by atomic mass is 9.84. The van der Waals surface area contributed by atoms with Crippen molar-refractivity contribution in [2.24, 2.45) is 10.9 Å². The molecule has 0 aromatic heterocycles. The highest BCUT2D eigenvalue weighted by atomic mass is 16.5. The molecule has 2 unspecified atom stereocenters. The van der Waals surface area contributed by atoms with Gasteiger partial charge >= 0.3 is 0 Å². The summed E-state index contributed by atoms with van der Waals surface area (Å²) in [5.74, 6) is 1.25. The van der Waals surface area contributed by atoms with Crippen LogP contribution in [0.2, 0.25) is 0 Å². The first kappa shape index (κ1) is 14.8. The molecule has 2 atom stereocenters. The molecule has 3 rings (SSSR count). The van der Waals surface area contributed by atoms with Crippen LogP contribution in [0.25, 0.3) is 0 Å². The maximum atomic E-state index is 6.38. The van der Waals surface area contributed by atoms with Gasteiger partial charge in [-0.3, -0.25) is 0 Å². The quantitative estimate of drug-likeness (QED) is 0.797. The van der Waals surface area contributed by atoms with Crippen molar-refractivity contribution in [2.75, 3.05) is 0 Å². The molecule has 0 N–H and O–H groups in total. The topological polar surface area (TPSA) is 21.6 Å². The second kappa shape index (κ2) is 5.96. The lowest BCUT2D eigenvalue weighted by molar-refractivity contribution is 0.0349. The number of hydrogen-bond donors (Lipinski definition) is 0. The molecule has 2 aromatic carbocycles. The summed E-state index contributed by atoms with van der Waals surface area (Å²) in [5, 5.41) is 0. The first-order valence-corrected chi connectivity index (χ1v) is 7.96. The van der Waals surface area contributed by atoms with Gasteiger partial charge in [0.1, 0.15) is 5.60 Å². The van der Waals surface area contributed by atoms with Crippen LogP contribution in [0.3, 0.4) is 0 Å². The van der Waals surface area contributed by atoms with Gasteiger partial charge in [-0.25, -0.2) is 4.99 Å². The van der Waals surface area contributed by atoms with Crippen molar-refractivity contribution in [3.8, 4) is 0 Å². The number of nitrogens with zero attached hydrogens (tertiary/aromatic N) is 1. The van der Waals surface area contributed by atoms with Crippen molar-refractivity contribution < 1.29 is 4.74 Å². The fraction of sp³-hybridized carbons (Fsp3) is 0.350. The Morgan fingerprint density at radius 2 is 1.59 bits per heavy atom. The molecule has 0 radical (unpaired) electrons. The Kier molecular flexibility index (Phi) is 4.02. The Morgan fingerprint density at radius 3 is 2.18 bits per heavy atom. The van der Waals surface area contributed by atoms with Crippen LogP contribution >= 0.6 is 0 Å². The molecule has 0 aliphatic carbocycles. The third-order valence-corrected chi connectivity index (χ3v) is 4.38. The summed E-state index contributed by atoms with van der Waals surface area (Å²) in [5.41, 5.74) is 1.93. The molecule has 2 aromatic rings. The van der Waals surface area contributed by atoms with Crippen molar-refractivity contribution >= 4 is 5.90 Å². The van der Waals surface area contributed by atoms with Gasteiger partial charge in [-0.1, -0.05) is 62.4 Å². The molecule has 1 aliphatic heterocycles. The molecule has 2 nitrogen and oxygen atoms in total. The molecule has 0 fully saturated rings. The summed E-state index contributed by atoms with van der Waals surface area (Å²) in [7, 11) is 0. The van der Waals surface area contributed by atoms with E-state index in [0.717, 1.165) is 17.9 Å². The summed E-state index contributed by atoms with van der Waals surface area (Å²) >= 11 is 0. The summed E-state index contributed by atoms with van der Waals surface area (Å²) in [6.07, 6.45) is 0.908. The van der Waals surface area contributed by atoms with E-state index >= 15 is 0 Å². The SMILES string of the molecule is CC(C)C1CC(C)(c2ccccc2)OC(c2ccccc2)=N1. The first-order chi connectivity index (χ1) is 10.6. The summed E-state index contributed by atoms with van der Waals surface area (Å²) in [4.78, 5) is 4.87. The summed E-state index contributed by atoms with van der Waals surface area (Å²) in [6.45, 7) is 6.64. The monoisotopic (exact) mass is 293 g/mol. The van der Waals surface area contributed by atoms with E-state index in [-0.39, 0.29) is 11.6 Å². The lowest BCUT2D eigenvalue weighted by Crippen LogP contribution is -2.39. The molecule has 1 heterocycles. The van der Waals surface area contributed by atoms with Gasteiger partial charge in [-0.05, 0) is 30.5 Å². The van der Waals surface area contributed by atoms with Crippen molar-refractivity contribution in [2.45, 2.75) is 38.8 Å². The predicted molar refractivity (Wildman–Crippen MR) is 91.1 cm³/mol. The highest BCUT2D eigenvalue weighted by molar-refractivity contribution is 5.95. The van der Waals surface area contributed by atoms with Crippen molar-refractivity contribution in [1.82, 2.24) is 0 Å². The molecule has 0 bridgehead atoms. The smallest absolute Gasteiger partial charge is 0.217 e. The molecule has 0 amide bonds. The molecule has 0 saturated heterocycles. The molecule has 2 heteroatoms. The minimum atomic E-state index is -0.330. The number of rotatable bonds is 3. The Balaban J connectivity index is 2.01. The second-order valence-electron chi connectivity index (χ2n) is 6.51. The van der Waals surface area contributed by atoms with E-state index in [1.165, 1.54) is 5.56 Å². The van der Waals surface area contributed by atoms with E-state index in [9.17, 15) is 0 Å². The van der Waals surface area contributed by atoms with E-state index in [1.54, 1.807) is 0 Å². The maximum Gasteiger partial charge on any atom is 0.217 e. The Bertz CT molecular complexity index is 648. The van der Waals surface area contributed by atoms with Gasteiger partial charge in [0.05, 0.1) is 6.04 Å². The third-order valence-electron chi connectivity index (χ3n) is 4.38. The van der Waals surface area contributed by atoms with Crippen molar-refractivity contribution in [3.63, 3.8) is 0 Å². The van der Waals surface area contributed by atoms with Crippen LogP contribution in [0.4, 0.5) is 0 Å². The van der Waals surface area contributed by atoms with Crippen molar-refractivity contribution in [1.29, 1.82) is 0 Å². The van der Waals surface area contributed by atoms with Gasteiger partial charge in [0.25, 0.3) is 0 Å². The fourth-order valence-electron chi connectivity index (χ4n) is 2.94. The number of benzene rings is 2. The Labute approximate surface area is 132 Å². The molecule has 22 heavy (non-hydrogen) atoms. The zero-order valence-corrected chi connectivity index (χ0v) is 13.5. The van der Waals surface area contributed by atoms with Gasteiger partial charge in [-0.2, -0.15) is 0 Å². The van der Waals surface area contributed by atoms with E-state index in [2.05, 4.69) is 57.2 Å². The number of aliphatic imine (C=N–C) groups is 1. The van der Waals surface area contributed by atoms with Gasteiger partial charge < -0.3 is 4.74 Å². The maximum absolute atomic E-state index is 6.38. The first-order valence-electron chi connectivity index (χ1n) is 7.96. The minimum absolute atomic E-state index is 0.272. The van der Waals surface area contributed by atoms with E-state index in [4.69, 9.17) is 9.73 Å². The van der Waals surface area contributed by atoms with Crippen LogP contribution < -0.4 is 0 Å². The molecule has 114 valence electrons. The fourth-order valence-corrected chi connectivity index (χ4v) is 2.94. The summed E-state index contributed by atoms with van der Waals surface area (Å²) < 4.78 is 6.38. The zero-order valence-electron chi connectivity index (χ0n) is 13.5. The molecular formula is C20H23NO. The van der Waals surface area contributed by atoms with Crippen LogP contribution in [0.5, 0.6) is 0 Å². The Morgan fingerprint density at radius 1 is 1.00 bits per heavy atom. The van der Waals surface area contributed by atoms with Gasteiger partial charge in [0.2, 0.25) is 5.90 Å². The average Bonchev–Trinajstić information content (AvgIpc) is 2.56. The second-order valence-corrected chi connectivity index (χ2v) is 6.51. The molecule has 0 spiro atoms. The normalized spacial score (nSPS) is 24.7. The standard InChI is InChI=1S/C20H23NO/c1-15(2)18-14-20(3,17-12-8-5-9-13-17)22-19(21-18)16-10-6-4-7-11-16/h4-13,15,18H,14H2,1-3H3. The zero-order chi connectivity index (χ0) is 15.6. The Hall–Kier alpha value is -2.09. The highest BCUT2D eigenvalue weighted by Gasteiger charge is 2.38. The van der Waals surface area contributed by atoms with E-state index in [1.807, 2.05) is 24.3 Å². The van der Waals surface area contributed by atoms with Crippen LogP contribution in [-0.2, 0) is 10.3 Å². The lowest BCUT2D eigenvalue weighted by Gasteiger charge is -2.39. The minimum Gasteiger partial charge on any atom is -0.466 e. The molecule has 0 saturated carbocycles. The van der Waals surface area contributed by atoms with E-state index in [0.29, 0.717) is 5.92 Å². The molecule has 1 aliphatic rings. The van der Waals surface area contributed by atoms with Crippen LogP contribution in [0.1, 0.15) is 38.3 Å².